The van der Waals surface area contributed by atoms with Crippen molar-refractivity contribution >= 4 is 58.5 Å². The van der Waals surface area contributed by atoms with Crippen LogP contribution >= 0.6 is 11.6 Å². The van der Waals surface area contributed by atoms with Gasteiger partial charge in [0.1, 0.15) is 22.8 Å². The Hall–Kier alpha value is -6.11. The number of aromatic nitrogens is 4. The van der Waals surface area contributed by atoms with E-state index in [-0.39, 0.29) is 34.3 Å². The summed E-state index contributed by atoms with van der Waals surface area (Å²) < 4.78 is 53.5. The van der Waals surface area contributed by atoms with Crippen molar-refractivity contribution in [1.29, 1.82) is 0 Å². The van der Waals surface area contributed by atoms with Gasteiger partial charge in [0.2, 0.25) is 0 Å². The van der Waals surface area contributed by atoms with Gasteiger partial charge in [-0.25, -0.2) is 27.5 Å². The van der Waals surface area contributed by atoms with Crippen LogP contribution in [0.5, 0.6) is 0 Å². The Morgan fingerprint density at radius 2 is 1.13 bits per heavy atom. The highest BCUT2D eigenvalue weighted by atomic mass is 35.5. The molecular weight excluding hydrogens is 892 g/mol. The number of halogens is 5. The van der Waals surface area contributed by atoms with Crippen LogP contribution in [0.15, 0.2) is 59.9 Å². The molecule has 0 unspecified atom stereocenters. The molecule has 356 valence electrons. The summed E-state index contributed by atoms with van der Waals surface area (Å²) in [6.45, 7) is 9.97. The molecule has 3 N–H and O–H groups in total. The zero-order chi connectivity index (χ0) is 48.2. The Kier molecular flexibility index (Phi) is 17.7. The Labute approximate surface area is 392 Å². The number of alkyl halides is 5. The van der Waals surface area contributed by atoms with E-state index >= 15 is 0 Å². The number of nitrogens with zero attached hydrogens (tertiary/aromatic N) is 7. The molecule has 4 aliphatic rings. The van der Waals surface area contributed by atoms with Crippen LogP contribution in [0.2, 0.25) is 0 Å². The quantitative estimate of drug-likeness (QED) is 0.110. The highest BCUT2D eigenvalue weighted by Gasteiger charge is 2.27. The topological polar surface area (TPSA) is 166 Å². The van der Waals surface area contributed by atoms with E-state index in [2.05, 4.69) is 40.8 Å². The van der Waals surface area contributed by atoms with Crippen molar-refractivity contribution in [2.45, 2.75) is 64.8 Å². The number of piperazine rings is 2. The zero-order valence-corrected chi connectivity index (χ0v) is 38.7. The number of hydrogen-bond donors (Lipinski definition) is 3. The molecule has 4 aromatic rings. The number of allylic oxidation sites excluding steroid dienone is 2. The van der Waals surface area contributed by atoms with Crippen molar-refractivity contribution in [2.24, 2.45) is 0 Å². The van der Waals surface area contributed by atoms with Crippen LogP contribution in [0.1, 0.15) is 106 Å². The van der Waals surface area contributed by atoms with Crippen molar-refractivity contribution < 1.29 is 36.7 Å². The van der Waals surface area contributed by atoms with E-state index in [0.29, 0.717) is 82.3 Å². The molecule has 8 rings (SSSR count). The molecule has 6 heterocycles. The van der Waals surface area contributed by atoms with Gasteiger partial charge in [-0.05, 0) is 82.7 Å². The average molecular weight is 947 g/mol. The normalized spacial score (nSPS) is 15.9. The smallest absolute Gasteiger partial charge is 0.282 e. The van der Waals surface area contributed by atoms with Gasteiger partial charge in [0.15, 0.2) is 11.6 Å². The van der Waals surface area contributed by atoms with Gasteiger partial charge in [0.25, 0.3) is 24.7 Å². The Bertz CT molecular complexity index is 2510. The second-order valence-corrected chi connectivity index (χ2v) is 16.4. The van der Waals surface area contributed by atoms with E-state index in [9.17, 15) is 36.7 Å². The van der Waals surface area contributed by atoms with Gasteiger partial charge in [-0.15, -0.1) is 11.6 Å². The fraction of sp³-hybridized carbons (Fsp3) is 0.417. The summed E-state index contributed by atoms with van der Waals surface area (Å²) in [6, 6.07) is 10.1. The second-order valence-electron chi connectivity index (χ2n) is 16.1. The summed E-state index contributed by atoms with van der Waals surface area (Å²) in [7, 11) is 2.88. The first kappa shape index (κ1) is 50.3. The van der Waals surface area contributed by atoms with Crippen LogP contribution in [0.4, 0.5) is 28.9 Å². The van der Waals surface area contributed by atoms with Gasteiger partial charge in [-0.2, -0.15) is 0 Å². The summed E-state index contributed by atoms with van der Waals surface area (Å²) in [6.07, 6.45) is 4.26. The number of anilines is 2. The van der Waals surface area contributed by atoms with E-state index in [1.807, 2.05) is 54.1 Å². The van der Waals surface area contributed by atoms with Crippen LogP contribution in [-0.4, -0.2) is 115 Å². The number of Topliss-reactive ketones (excluding diaryl/α,β-unsaturated/α-hetero) is 2. The number of amides is 2. The summed E-state index contributed by atoms with van der Waals surface area (Å²) >= 11 is 5.72. The third-order valence-electron chi connectivity index (χ3n) is 11.8. The molecule has 67 heavy (non-hydrogen) atoms. The van der Waals surface area contributed by atoms with E-state index in [4.69, 9.17) is 11.6 Å². The van der Waals surface area contributed by atoms with Gasteiger partial charge in [-0.3, -0.25) is 34.0 Å². The summed E-state index contributed by atoms with van der Waals surface area (Å²) in [5, 5.41) is 7.94. The summed E-state index contributed by atoms with van der Waals surface area (Å²) in [5.41, 5.74) is 7.49. The summed E-state index contributed by atoms with van der Waals surface area (Å²) in [5.74, 6) is -0.149. The molecule has 0 saturated carbocycles. The van der Waals surface area contributed by atoms with Crippen molar-refractivity contribution in [2.75, 3.05) is 76.3 Å². The predicted octanol–water partition coefficient (Wildman–Crippen LogP) is 6.54. The maximum atomic E-state index is 13.6. The molecule has 2 fully saturated rings. The largest absolute Gasteiger partial charge is 0.367 e. The predicted molar refractivity (Wildman–Crippen MR) is 250 cm³/mol. The van der Waals surface area contributed by atoms with Crippen molar-refractivity contribution in [3.63, 3.8) is 0 Å². The van der Waals surface area contributed by atoms with Gasteiger partial charge >= 0.3 is 0 Å². The fourth-order valence-electron chi connectivity index (χ4n) is 8.12. The number of ketones is 2. The lowest BCUT2D eigenvalue weighted by Gasteiger charge is -2.36. The van der Waals surface area contributed by atoms with Crippen molar-refractivity contribution in [1.82, 2.24) is 40.8 Å². The third kappa shape index (κ3) is 12.7. The first-order chi connectivity index (χ1) is 32.3. The van der Waals surface area contributed by atoms with E-state index < -0.39 is 24.7 Å². The molecule has 0 spiro atoms. The van der Waals surface area contributed by atoms with Crippen LogP contribution in [0.3, 0.4) is 0 Å². The number of carbonyl (C=O) groups is 4. The minimum atomic E-state index is -2.77. The molecule has 0 aromatic carbocycles. The third-order valence-corrected chi connectivity index (χ3v) is 12.1. The SMILES string of the molecule is CCC1=Cc2ncc(CCl)cc2CC1=O.CCC1=Cc2ncc(CN3CCN(c4ccc(C(=O)NC)nc4C(F)F)CC3)cc2CC1=O.CNC(=O)c1ccc(N2CCNCC2)c(C(F)F)n1. The molecule has 19 heteroatoms. The highest BCUT2D eigenvalue weighted by Crippen LogP contribution is 2.31. The standard InChI is InChI=1S/C24H27F2N5O2.C12H12ClNO.C12H16F2N4O/c1-3-16-11-19-17(12-21(16)32)10-15(13-28-19)14-30-6-8-31(9-7-30)20-5-4-18(24(33)27-2)29-22(20)23(25)26;1-2-9-4-11-10(5-12(9)15)3-8(6-13)7-14-11;1-15-12(19)8-2-3-9(10(17-8)11(13)14)18-6-4-16-5-7-18/h4-5,10-11,13,23H,3,6-9,12,14H2,1-2H3,(H,27,33);3-4,7H,2,5-6H2,1H3;2-3,11,16H,4-7H2,1H3,(H,15,19). The first-order valence-corrected chi connectivity index (χ1v) is 22.7. The lowest BCUT2D eigenvalue weighted by atomic mass is 9.92. The lowest BCUT2D eigenvalue weighted by Crippen LogP contribution is -2.46. The van der Waals surface area contributed by atoms with Gasteiger partial charge < -0.3 is 25.8 Å². The Morgan fingerprint density at radius 3 is 1.57 bits per heavy atom. The van der Waals surface area contributed by atoms with Crippen molar-refractivity contribution in [3.8, 4) is 0 Å². The molecule has 4 aromatic heterocycles. The number of carbonyl (C=O) groups excluding carboxylic acids is 4. The van der Waals surface area contributed by atoms with Crippen LogP contribution in [-0.2, 0) is 34.9 Å². The highest BCUT2D eigenvalue weighted by molar-refractivity contribution is 6.17. The summed E-state index contributed by atoms with van der Waals surface area (Å²) in [4.78, 5) is 69.6. The van der Waals surface area contributed by atoms with E-state index in [0.717, 1.165) is 64.3 Å². The number of pyridine rings is 4. The van der Waals surface area contributed by atoms with Crippen molar-refractivity contribution in [3.05, 3.63) is 116 Å². The number of fused-ring (bicyclic) bond motifs is 2. The Balaban J connectivity index is 0.000000183. The molecule has 2 saturated heterocycles. The fourth-order valence-corrected chi connectivity index (χ4v) is 8.26. The molecule has 2 amide bonds. The van der Waals surface area contributed by atoms with Gasteiger partial charge in [0.05, 0.1) is 22.8 Å². The maximum absolute atomic E-state index is 13.6. The van der Waals surface area contributed by atoms with E-state index in [1.54, 1.807) is 18.3 Å². The number of hydrogen-bond acceptors (Lipinski definition) is 12. The van der Waals surface area contributed by atoms with Crippen LogP contribution < -0.4 is 25.8 Å². The average Bonchev–Trinajstić information content (AvgIpc) is 3.35. The maximum Gasteiger partial charge on any atom is 0.282 e. The second kappa shape index (κ2) is 23.6. The van der Waals surface area contributed by atoms with E-state index in [1.165, 1.54) is 26.2 Å². The molecule has 2 aliphatic carbocycles. The van der Waals surface area contributed by atoms with Crippen LogP contribution in [0, 0.1) is 0 Å². The minimum Gasteiger partial charge on any atom is -0.367 e. The van der Waals surface area contributed by atoms with Crippen LogP contribution in [0.25, 0.3) is 12.2 Å². The van der Waals surface area contributed by atoms with Gasteiger partial charge in [0, 0.05) is 104 Å². The molecule has 0 radical (unpaired) electrons. The minimum absolute atomic E-state index is 0.0108. The molecular formula is C48H55ClF4N10O4. The molecule has 0 bridgehead atoms. The first-order valence-electron chi connectivity index (χ1n) is 22.2. The molecule has 0 atom stereocenters. The molecule has 2 aliphatic heterocycles. The zero-order valence-electron chi connectivity index (χ0n) is 38.0. The lowest BCUT2D eigenvalue weighted by molar-refractivity contribution is -0.115. The monoisotopic (exact) mass is 946 g/mol. The Morgan fingerprint density at radius 1 is 0.687 bits per heavy atom. The number of rotatable bonds is 11. The number of nitrogens with one attached hydrogen (secondary N) is 3. The van der Waals surface area contributed by atoms with Gasteiger partial charge in [-0.1, -0.05) is 26.0 Å². The molecule has 14 nitrogen and oxygen atoms in total.